The van der Waals surface area contributed by atoms with Crippen molar-refractivity contribution in [1.82, 2.24) is 0 Å². The number of hydrogen-bond donors (Lipinski definition) is 1. The van der Waals surface area contributed by atoms with Gasteiger partial charge < -0.3 is 19.7 Å². The minimum absolute atomic E-state index is 0.649. The normalized spacial score (nSPS) is 10.3. The van der Waals surface area contributed by atoms with Crippen LogP contribution in [-0.4, -0.2) is 47.6 Å². The van der Waals surface area contributed by atoms with Crippen LogP contribution in [0.3, 0.4) is 0 Å². The highest BCUT2D eigenvalue weighted by atomic mass is 16.5. The van der Waals surface area contributed by atoms with Crippen molar-refractivity contribution in [3.05, 3.63) is 24.3 Å². The van der Waals surface area contributed by atoms with Gasteiger partial charge in [-0.25, -0.2) is 0 Å². The van der Waals surface area contributed by atoms with Crippen molar-refractivity contribution in [1.29, 1.82) is 0 Å². The number of benzene rings is 1. The van der Waals surface area contributed by atoms with Crippen LogP contribution in [0, 0.1) is 0 Å². The number of anilines is 2. The van der Waals surface area contributed by atoms with E-state index in [2.05, 4.69) is 28.4 Å². The van der Waals surface area contributed by atoms with Crippen molar-refractivity contribution in [2.24, 2.45) is 0 Å². The molecule has 0 unspecified atom stereocenters. The second kappa shape index (κ2) is 7.92. The molecule has 1 aromatic carbocycles. The Balaban J connectivity index is 2.24. The highest BCUT2D eigenvalue weighted by Gasteiger charge is 1.96. The van der Waals surface area contributed by atoms with Crippen LogP contribution in [0.4, 0.5) is 11.4 Å². The Hall–Kier alpha value is -1.26. The lowest BCUT2D eigenvalue weighted by Gasteiger charge is -2.14. The predicted molar refractivity (Wildman–Crippen MR) is 72.0 cm³/mol. The quantitative estimate of drug-likeness (QED) is 0.701. The maximum Gasteiger partial charge on any atom is 0.0701 e. The molecular weight excluding hydrogens is 216 g/mol. The van der Waals surface area contributed by atoms with Crippen LogP contribution in [0.2, 0.25) is 0 Å². The fourth-order valence-corrected chi connectivity index (χ4v) is 1.41. The fourth-order valence-electron chi connectivity index (χ4n) is 1.41. The van der Waals surface area contributed by atoms with E-state index in [4.69, 9.17) is 9.47 Å². The molecule has 17 heavy (non-hydrogen) atoms. The number of ether oxygens (including phenoxy) is 2. The summed E-state index contributed by atoms with van der Waals surface area (Å²) in [5.41, 5.74) is 2.31. The molecule has 0 saturated heterocycles. The third-order valence-corrected chi connectivity index (χ3v) is 2.37. The van der Waals surface area contributed by atoms with E-state index in [1.165, 1.54) is 5.69 Å². The van der Waals surface area contributed by atoms with Gasteiger partial charge in [0.25, 0.3) is 0 Å². The van der Waals surface area contributed by atoms with Gasteiger partial charge >= 0.3 is 0 Å². The molecule has 0 bridgehead atoms. The van der Waals surface area contributed by atoms with Gasteiger partial charge in [-0.1, -0.05) is 6.07 Å². The van der Waals surface area contributed by atoms with E-state index in [0.717, 1.165) is 12.2 Å². The van der Waals surface area contributed by atoms with Crippen LogP contribution in [0.5, 0.6) is 0 Å². The number of rotatable bonds is 8. The number of hydrogen-bond acceptors (Lipinski definition) is 4. The summed E-state index contributed by atoms with van der Waals surface area (Å²) in [6.07, 6.45) is 0. The van der Waals surface area contributed by atoms with Crippen molar-refractivity contribution < 1.29 is 9.47 Å². The first-order valence-electron chi connectivity index (χ1n) is 5.82. The molecule has 0 radical (unpaired) electrons. The molecule has 0 saturated carbocycles. The first-order valence-corrected chi connectivity index (χ1v) is 5.82. The molecule has 4 heteroatoms. The van der Waals surface area contributed by atoms with E-state index in [0.29, 0.717) is 19.8 Å². The summed E-state index contributed by atoms with van der Waals surface area (Å²) in [6.45, 7) is 2.79. The highest BCUT2D eigenvalue weighted by molar-refractivity contribution is 5.57. The fraction of sp³-hybridized carbons (Fsp3) is 0.538. The molecule has 0 spiro atoms. The third kappa shape index (κ3) is 5.56. The molecule has 0 atom stereocenters. The standard InChI is InChI=1S/C13H22N2O2/c1-15(2)13-6-4-5-12(11-13)14-7-8-17-10-9-16-3/h4-6,11,14H,7-10H2,1-3H3. The Kier molecular flexibility index (Phi) is 6.43. The van der Waals surface area contributed by atoms with E-state index < -0.39 is 0 Å². The van der Waals surface area contributed by atoms with Crippen LogP contribution in [0.25, 0.3) is 0 Å². The molecule has 0 aromatic heterocycles. The Morgan fingerprint density at radius 3 is 2.71 bits per heavy atom. The van der Waals surface area contributed by atoms with Crippen LogP contribution >= 0.6 is 0 Å². The van der Waals surface area contributed by atoms with Crippen molar-refractivity contribution in [2.75, 3.05) is 57.8 Å². The van der Waals surface area contributed by atoms with E-state index in [1.807, 2.05) is 20.2 Å². The molecule has 0 aliphatic rings. The monoisotopic (exact) mass is 238 g/mol. The zero-order valence-corrected chi connectivity index (χ0v) is 10.9. The summed E-state index contributed by atoms with van der Waals surface area (Å²) >= 11 is 0. The first-order chi connectivity index (χ1) is 8.24. The minimum Gasteiger partial charge on any atom is -0.383 e. The maximum absolute atomic E-state index is 5.38. The summed E-state index contributed by atoms with van der Waals surface area (Å²) in [6, 6.07) is 8.31. The SMILES string of the molecule is COCCOCCNc1cccc(N(C)C)c1. The largest absolute Gasteiger partial charge is 0.383 e. The van der Waals surface area contributed by atoms with Gasteiger partial charge in [-0.3, -0.25) is 0 Å². The number of nitrogens with zero attached hydrogens (tertiary/aromatic N) is 1. The molecule has 1 N–H and O–H groups in total. The zero-order valence-electron chi connectivity index (χ0n) is 10.9. The molecule has 0 amide bonds. The van der Waals surface area contributed by atoms with Crippen molar-refractivity contribution >= 4 is 11.4 Å². The van der Waals surface area contributed by atoms with Gasteiger partial charge in [-0.15, -0.1) is 0 Å². The summed E-state index contributed by atoms with van der Waals surface area (Å²) < 4.78 is 10.3. The molecule has 0 aliphatic carbocycles. The minimum atomic E-state index is 0.649. The average Bonchev–Trinajstić information content (AvgIpc) is 2.34. The van der Waals surface area contributed by atoms with E-state index in [-0.39, 0.29) is 0 Å². The molecule has 96 valence electrons. The van der Waals surface area contributed by atoms with Gasteiger partial charge in [0.15, 0.2) is 0 Å². The second-order valence-electron chi connectivity index (χ2n) is 3.98. The maximum atomic E-state index is 5.38. The van der Waals surface area contributed by atoms with Gasteiger partial charge in [0.2, 0.25) is 0 Å². The van der Waals surface area contributed by atoms with Crippen molar-refractivity contribution in [2.45, 2.75) is 0 Å². The molecule has 1 rings (SSSR count). The molecule has 0 heterocycles. The number of methoxy groups -OCH3 is 1. The van der Waals surface area contributed by atoms with E-state index in [1.54, 1.807) is 7.11 Å². The number of nitrogens with one attached hydrogen (secondary N) is 1. The molecule has 0 aliphatic heterocycles. The second-order valence-corrected chi connectivity index (χ2v) is 3.98. The van der Waals surface area contributed by atoms with Crippen LogP contribution < -0.4 is 10.2 Å². The predicted octanol–water partition coefficient (Wildman–Crippen LogP) is 1.83. The first kappa shape index (κ1) is 13.8. The lowest BCUT2D eigenvalue weighted by molar-refractivity contribution is 0.0759. The Bertz CT molecular complexity index is 316. The smallest absolute Gasteiger partial charge is 0.0701 e. The van der Waals surface area contributed by atoms with E-state index >= 15 is 0 Å². The Morgan fingerprint density at radius 2 is 2.00 bits per heavy atom. The average molecular weight is 238 g/mol. The summed E-state index contributed by atoms with van der Waals surface area (Å²) in [4.78, 5) is 2.08. The van der Waals surface area contributed by atoms with Gasteiger partial charge in [-0.2, -0.15) is 0 Å². The summed E-state index contributed by atoms with van der Waals surface area (Å²) in [7, 11) is 5.74. The zero-order chi connectivity index (χ0) is 12.5. The summed E-state index contributed by atoms with van der Waals surface area (Å²) in [5, 5.41) is 3.32. The topological polar surface area (TPSA) is 33.7 Å². The van der Waals surface area contributed by atoms with Gasteiger partial charge in [-0.05, 0) is 18.2 Å². The summed E-state index contributed by atoms with van der Waals surface area (Å²) in [5.74, 6) is 0. The highest BCUT2D eigenvalue weighted by Crippen LogP contribution is 2.16. The van der Waals surface area contributed by atoms with Crippen molar-refractivity contribution in [3.8, 4) is 0 Å². The third-order valence-electron chi connectivity index (χ3n) is 2.37. The lowest BCUT2D eigenvalue weighted by atomic mass is 10.2. The Morgan fingerprint density at radius 1 is 1.18 bits per heavy atom. The van der Waals surface area contributed by atoms with Gasteiger partial charge in [0.05, 0.1) is 19.8 Å². The van der Waals surface area contributed by atoms with Crippen LogP contribution in [0.1, 0.15) is 0 Å². The Labute approximate surface area is 104 Å². The molecule has 0 fully saturated rings. The molecule has 1 aromatic rings. The van der Waals surface area contributed by atoms with Gasteiger partial charge in [0.1, 0.15) is 0 Å². The van der Waals surface area contributed by atoms with Gasteiger partial charge in [0, 0.05) is 39.1 Å². The molecular formula is C13H22N2O2. The van der Waals surface area contributed by atoms with Crippen LogP contribution in [-0.2, 0) is 9.47 Å². The van der Waals surface area contributed by atoms with Crippen molar-refractivity contribution in [3.63, 3.8) is 0 Å². The van der Waals surface area contributed by atoms with Crippen LogP contribution in [0.15, 0.2) is 24.3 Å². The van der Waals surface area contributed by atoms with E-state index in [9.17, 15) is 0 Å². The lowest BCUT2D eigenvalue weighted by Crippen LogP contribution is -2.13. The molecule has 4 nitrogen and oxygen atoms in total.